The number of phenols is 2. The molecular formula is C30H34O10. The van der Waals surface area contributed by atoms with Crippen molar-refractivity contribution in [1.29, 1.82) is 0 Å². The van der Waals surface area contributed by atoms with Crippen molar-refractivity contribution in [3.05, 3.63) is 83.0 Å². The van der Waals surface area contributed by atoms with E-state index in [1.54, 1.807) is 52.8 Å². The number of carbonyl (C=O) groups is 4. The summed E-state index contributed by atoms with van der Waals surface area (Å²) in [5.74, 6) is -3.03. The lowest BCUT2D eigenvalue weighted by Gasteiger charge is -2.14. The molecule has 0 aliphatic carbocycles. The quantitative estimate of drug-likeness (QED) is 0.225. The Kier molecular flexibility index (Phi) is 11.5. The van der Waals surface area contributed by atoms with E-state index in [1.807, 2.05) is 0 Å². The SMILES string of the molecule is CC(=O)OC(C)/C=C/C(C)OC(=O)c1cc(O)cc(C(=O)OC(C)/C=C/C(C)OC(=O)c2cc(C)cc(O)c2)c1. The summed E-state index contributed by atoms with van der Waals surface area (Å²) in [5.41, 5.74) is 0.775. The van der Waals surface area contributed by atoms with Crippen molar-refractivity contribution >= 4 is 23.9 Å². The van der Waals surface area contributed by atoms with E-state index in [-0.39, 0.29) is 28.2 Å². The second kappa shape index (κ2) is 14.5. The van der Waals surface area contributed by atoms with Crippen LogP contribution in [0, 0.1) is 6.92 Å². The van der Waals surface area contributed by atoms with Crippen LogP contribution in [0.1, 0.15) is 71.3 Å². The number of hydrogen-bond donors (Lipinski definition) is 2. The maximum absolute atomic E-state index is 12.7. The van der Waals surface area contributed by atoms with Gasteiger partial charge in [0.25, 0.3) is 0 Å². The molecule has 0 aliphatic rings. The topological polar surface area (TPSA) is 146 Å². The number of phenolic OH excluding ortho intramolecular Hbond substituents is 2. The van der Waals surface area contributed by atoms with Gasteiger partial charge in [-0.25, -0.2) is 14.4 Å². The molecule has 214 valence electrons. The zero-order valence-electron chi connectivity index (χ0n) is 23.2. The Hall–Kier alpha value is -4.60. The molecule has 0 heterocycles. The highest BCUT2D eigenvalue weighted by Crippen LogP contribution is 2.20. The van der Waals surface area contributed by atoms with Crippen molar-refractivity contribution in [1.82, 2.24) is 0 Å². The maximum Gasteiger partial charge on any atom is 0.338 e. The molecule has 10 nitrogen and oxygen atoms in total. The first kappa shape index (κ1) is 31.6. The fourth-order valence-electron chi connectivity index (χ4n) is 3.48. The largest absolute Gasteiger partial charge is 0.508 e. The van der Waals surface area contributed by atoms with E-state index in [9.17, 15) is 29.4 Å². The van der Waals surface area contributed by atoms with Gasteiger partial charge in [0.2, 0.25) is 0 Å². The van der Waals surface area contributed by atoms with Gasteiger partial charge in [0, 0.05) is 6.92 Å². The van der Waals surface area contributed by atoms with Gasteiger partial charge in [0.1, 0.15) is 35.9 Å². The second-order valence-electron chi connectivity index (χ2n) is 9.24. The molecule has 2 N–H and O–H groups in total. The lowest BCUT2D eigenvalue weighted by atomic mass is 10.1. The molecule has 40 heavy (non-hydrogen) atoms. The van der Waals surface area contributed by atoms with Crippen LogP contribution < -0.4 is 0 Å². The summed E-state index contributed by atoms with van der Waals surface area (Å²) in [7, 11) is 0. The number of aryl methyl sites for hydroxylation is 1. The zero-order valence-corrected chi connectivity index (χ0v) is 23.2. The summed E-state index contributed by atoms with van der Waals surface area (Å²) in [4.78, 5) is 48.5. The molecular weight excluding hydrogens is 520 g/mol. The Morgan fingerprint density at radius 1 is 0.575 bits per heavy atom. The third kappa shape index (κ3) is 10.6. The Labute approximate surface area is 232 Å². The summed E-state index contributed by atoms with van der Waals surface area (Å²) in [5, 5.41) is 19.7. The molecule has 10 heteroatoms. The highest BCUT2D eigenvalue weighted by molar-refractivity contribution is 5.96. The molecule has 0 saturated heterocycles. The van der Waals surface area contributed by atoms with E-state index in [4.69, 9.17) is 18.9 Å². The van der Waals surface area contributed by atoms with Gasteiger partial charge >= 0.3 is 23.9 Å². The van der Waals surface area contributed by atoms with Gasteiger partial charge < -0.3 is 29.2 Å². The summed E-state index contributed by atoms with van der Waals surface area (Å²) in [6, 6.07) is 7.96. The smallest absolute Gasteiger partial charge is 0.338 e. The van der Waals surface area contributed by atoms with Gasteiger partial charge in [-0.1, -0.05) is 0 Å². The molecule has 4 atom stereocenters. The van der Waals surface area contributed by atoms with Gasteiger partial charge in [-0.05, 0) is 101 Å². The van der Waals surface area contributed by atoms with Crippen LogP contribution >= 0.6 is 0 Å². The lowest BCUT2D eigenvalue weighted by Crippen LogP contribution is -2.17. The predicted molar refractivity (Wildman–Crippen MR) is 145 cm³/mol. The van der Waals surface area contributed by atoms with Crippen LogP contribution in [-0.4, -0.2) is 58.5 Å². The minimum Gasteiger partial charge on any atom is -0.508 e. The first-order valence-corrected chi connectivity index (χ1v) is 12.5. The van der Waals surface area contributed by atoms with Crippen LogP contribution in [0.3, 0.4) is 0 Å². The molecule has 0 spiro atoms. The Balaban J connectivity index is 1.97. The van der Waals surface area contributed by atoms with Gasteiger partial charge in [0.15, 0.2) is 0 Å². The van der Waals surface area contributed by atoms with Gasteiger partial charge in [-0.15, -0.1) is 0 Å². The second-order valence-corrected chi connectivity index (χ2v) is 9.24. The normalized spacial score (nSPS) is 14.2. The van der Waals surface area contributed by atoms with E-state index >= 15 is 0 Å². The molecule has 0 radical (unpaired) electrons. The minimum atomic E-state index is -0.801. The first-order chi connectivity index (χ1) is 18.7. The Morgan fingerprint density at radius 3 is 1.25 bits per heavy atom. The number of esters is 4. The summed E-state index contributed by atoms with van der Waals surface area (Å²) in [6.07, 6.45) is 3.58. The van der Waals surface area contributed by atoms with E-state index in [0.29, 0.717) is 5.56 Å². The average molecular weight is 555 g/mol. The van der Waals surface area contributed by atoms with Crippen molar-refractivity contribution in [2.24, 2.45) is 0 Å². The molecule has 2 rings (SSSR count). The van der Waals surface area contributed by atoms with Crippen molar-refractivity contribution < 1.29 is 48.3 Å². The fraction of sp³-hybridized carbons (Fsp3) is 0.333. The van der Waals surface area contributed by atoms with Crippen LogP contribution in [0.25, 0.3) is 0 Å². The number of carbonyl (C=O) groups excluding carboxylic acids is 4. The third-order valence-corrected chi connectivity index (χ3v) is 5.22. The van der Waals surface area contributed by atoms with Crippen molar-refractivity contribution in [2.45, 2.75) is 66.0 Å². The van der Waals surface area contributed by atoms with Gasteiger partial charge in [-0.2, -0.15) is 0 Å². The molecule has 0 saturated carbocycles. The Morgan fingerprint density at radius 2 is 0.900 bits per heavy atom. The predicted octanol–water partition coefficient (Wildman–Crippen LogP) is 4.81. The van der Waals surface area contributed by atoms with Gasteiger partial charge in [0.05, 0.1) is 16.7 Å². The molecule has 0 amide bonds. The summed E-state index contributed by atoms with van der Waals surface area (Å²) < 4.78 is 21.0. The van der Waals surface area contributed by atoms with Crippen LogP contribution in [0.2, 0.25) is 0 Å². The third-order valence-electron chi connectivity index (χ3n) is 5.22. The fourth-order valence-corrected chi connectivity index (χ4v) is 3.48. The van der Waals surface area contributed by atoms with E-state index in [0.717, 1.165) is 12.1 Å². The lowest BCUT2D eigenvalue weighted by molar-refractivity contribution is -0.143. The van der Waals surface area contributed by atoms with Crippen molar-refractivity contribution in [3.8, 4) is 11.5 Å². The standard InChI is InChI=1S/C30H34O10/c1-17-11-23(14-26(32)12-17)28(34)38-20(4)9-10-21(5)40-30(36)25-13-24(15-27(33)16-25)29(35)39-19(3)8-7-18(2)37-22(6)31/h7-16,18-21,32-33H,1-6H3/b8-7+,10-9+. The summed E-state index contributed by atoms with van der Waals surface area (Å²) in [6.45, 7) is 9.49. The monoisotopic (exact) mass is 554 g/mol. The number of rotatable bonds is 11. The number of hydrogen-bond acceptors (Lipinski definition) is 10. The molecule has 4 unspecified atom stereocenters. The molecule has 0 aliphatic heterocycles. The molecule has 0 aromatic heterocycles. The van der Waals surface area contributed by atoms with E-state index in [2.05, 4.69) is 0 Å². The van der Waals surface area contributed by atoms with Gasteiger partial charge in [-0.3, -0.25) is 4.79 Å². The zero-order chi connectivity index (χ0) is 30.0. The molecule has 0 fully saturated rings. The van der Waals surface area contributed by atoms with Crippen molar-refractivity contribution in [3.63, 3.8) is 0 Å². The number of benzene rings is 2. The first-order valence-electron chi connectivity index (χ1n) is 12.5. The highest BCUT2D eigenvalue weighted by atomic mass is 16.6. The number of ether oxygens (including phenoxy) is 4. The average Bonchev–Trinajstić information content (AvgIpc) is 2.84. The number of aromatic hydroxyl groups is 2. The molecule has 0 bridgehead atoms. The van der Waals surface area contributed by atoms with E-state index < -0.39 is 48.3 Å². The van der Waals surface area contributed by atoms with Crippen LogP contribution in [0.15, 0.2) is 60.7 Å². The van der Waals surface area contributed by atoms with Crippen molar-refractivity contribution in [2.75, 3.05) is 0 Å². The Bertz CT molecular complexity index is 1270. The van der Waals surface area contributed by atoms with Crippen LogP contribution in [0.5, 0.6) is 11.5 Å². The summed E-state index contributed by atoms with van der Waals surface area (Å²) >= 11 is 0. The maximum atomic E-state index is 12.7. The highest BCUT2D eigenvalue weighted by Gasteiger charge is 2.18. The minimum absolute atomic E-state index is 0.0451. The molecule has 2 aromatic carbocycles. The van der Waals surface area contributed by atoms with Crippen LogP contribution in [-0.2, 0) is 23.7 Å². The molecule has 2 aromatic rings. The van der Waals surface area contributed by atoms with E-state index in [1.165, 1.54) is 37.3 Å². The van der Waals surface area contributed by atoms with Crippen LogP contribution in [0.4, 0.5) is 0 Å².